The quantitative estimate of drug-likeness (QED) is 0.172. The lowest BCUT2D eigenvalue weighted by molar-refractivity contribution is -0.380. The number of anilines is 2. The van der Waals surface area contributed by atoms with Gasteiger partial charge in [0.15, 0.2) is 5.13 Å². The molecule has 1 heterocycles. The number of nitrogens with one attached hydrogen (secondary N) is 2. The molecule has 0 spiro atoms. The Morgan fingerprint density at radius 2 is 1.60 bits per heavy atom. The maximum absolute atomic E-state index is 12.6. The highest BCUT2D eigenvalue weighted by Gasteiger charge is 2.20. The van der Waals surface area contributed by atoms with Gasteiger partial charge in [-0.05, 0) is 30.4 Å². The predicted molar refractivity (Wildman–Crippen MR) is 126 cm³/mol. The van der Waals surface area contributed by atoms with Crippen molar-refractivity contribution in [2.24, 2.45) is 0 Å². The number of carbonyl (C=O) groups is 3. The third kappa shape index (κ3) is 10.1. The summed E-state index contributed by atoms with van der Waals surface area (Å²) in [5, 5.41) is 24.6. The topological polar surface area (TPSA) is 179 Å². The van der Waals surface area contributed by atoms with E-state index in [1.165, 1.54) is 13.0 Å². The van der Waals surface area contributed by atoms with E-state index >= 15 is 0 Å². The third-order valence-electron chi connectivity index (χ3n) is 4.28. The molecule has 2 aromatic rings. The maximum atomic E-state index is 12.6. The molecule has 0 radical (unpaired) electrons. The molecule has 13 nitrogen and oxygen atoms in total. The van der Waals surface area contributed by atoms with Crippen molar-refractivity contribution in [1.29, 1.82) is 0 Å². The highest BCUT2D eigenvalue weighted by Crippen LogP contribution is 2.30. The zero-order valence-corrected chi connectivity index (χ0v) is 19.8. The minimum Gasteiger partial charge on any atom is -0.481 e. The zero-order chi connectivity index (χ0) is 25.6. The number of para-hydroxylation sites is 1. The summed E-state index contributed by atoms with van der Waals surface area (Å²) in [6, 6.07) is 6.36. The van der Waals surface area contributed by atoms with Crippen LogP contribution in [0.4, 0.5) is 15.8 Å². The van der Waals surface area contributed by atoms with Gasteiger partial charge in [-0.3, -0.25) is 29.8 Å². The van der Waals surface area contributed by atoms with E-state index in [9.17, 15) is 24.5 Å². The van der Waals surface area contributed by atoms with Crippen LogP contribution in [0.15, 0.2) is 24.3 Å². The second-order valence-electron chi connectivity index (χ2n) is 6.95. The summed E-state index contributed by atoms with van der Waals surface area (Å²) in [6.45, 7) is 2.88. The number of carboxylic acid groups (broad SMARTS) is 1. The first-order valence-corrected chi connectivity index (χ1v) is 11.4. The van der Waals surface area contributed by atoms with Crippen LogP contribution in [0.25, 0.3) is 0 Å². The minimum absolute atomic E-state index is 0.0477. The van der Waals surface area contributed by atoms with Gasteiger partial charge < -0.3 is 24.6 Å². The number of thiazole rings is 1. The molecular formula is C21H26N4O9S. The van der Waals surface area contributed by atoms with Gasteiger partial charge in [-0.1, -0.05) is 12.1 Å². The van der Waals surface area contributed by atoms with E-state index in [1.807, 2.05) is 0 Å². The van der Waals surface area contributed by atoms with Crippen molar-refractivity contribution in [1.82, 2.24) is 4.98 Å². The molecule has 14 heteroatoms. The second-order valence-corrected chi connectivity index (χ2v) is 7.92. The van der Waals surface area contributed by atoms with Crippen LogP contribution in [0.2, 0.25) is 0 Å². The molecule has 0 aliphatic carbocycles. The number of carbonyl (C=O) groups excluding carboxylic acids is 2. The third-order valence-corrected chi connectivity index (χ3v) is 5.31. The molecule has 0 bridgehead atoms. The van der Waals surface area contributed by atoms with Crippen molar-refractivity contribution in [3.05, 3.63) is 45.6 Å². The first-order chi connectivity index (χ1) is 16.8. The van der Waals surface area contributed by atoms with E-state index < -0.39 is 16.8 Å². The normalized spacial score (nSPS) is 10.7. The number of hydrogen-bond acceptors (Lipinski definition) is 10. The Balaban J connectivity index is 1.70. The SMILES string of the molecule is Cc1nc(NC(=O)c2ccccc2NC(=O)CCOCCOCCOCCC(=O)O)sc1[N+](=O)[O-]. The van der Waals surface area contributed by atoms with Gasteiger partial charge in [0.05, 0.1) is 68.7 Å². The molecule has 0 aliphatic rings. The fourth-order valence-corrected chi connectivity index (χ4v) is 3.42. The molecule has 1 aromatic heterocycles. The lowest BCUT2D eigenvalue weighted by atomic mass is 10.1. The fraction of sp³-hybridized carbons (Fsp3) is 0.429. The molecule has 3 N–H and O–H groups in total. The average Bonchev–Trinajstić information content (AvgIpc) is 3.17. The highest BCUT2D eigenvalue weighted by atomic mass is 32.1. The Morgan fingerprint density at radius 1 is 1.00 bits per heavy atom. The number of amides is 2. The standard InChI is InChI=1S/C21H26N4O9S/c1-14-20(25(30)31)35-21(22-14)24-19(29)15-4-2-3-5-16(15)23-17(26)6-8-32-10-12-34-13-11-33-9-7-18(27)28/h2-5H,6-13H2,1H3,(H,23,26)(H,27,28)(H,22,24,29). The number of hydrogen-bond donors (Lipinski definition) is 3. The molecule has 35 heavy (non-hydrogen) atoms. The molecule has 1 aromatic carbocycles. The van der Waals surface area contributed by atoms with E-state index in [0.717, 1.165) is 11.3 Å². The smallest absolute Gasteiger partial charge is 0.348 e. The summed E-state index contributed by atoms with van der Waals surface area (Å²) in [5.74, 6) is -1.85. The van der Waals surface area contributed by atoms with Crippen LogP contribution >= 0.6 is 11.3 Å². The summed E-state index contributed by atoms with van der Waals surface area (Å²) in [5.41, 5.74) is 0.659. The number of nitrogens with zero attached hydrogens (tertiary/aromatic N) is 2. The van der Waals surface area contributed by atoms with E-state index in [2.05, 4.69) is 15.6 Å². The minimum atomic E-state index is -0.922. The largest absolute Gasteiger partial charge is 0.481 e. The van der Waals surface area contributed by atoms with Crippen LogP contribution in [-0.4, -0.2) is 72.4 Å². The van der Waals surface area contributed by atoms with Gasteiger partial charge >= 0.3 is 11.0 Å². The first kappa shape index (κ1) is 27.8. The van der Waals surface area contributed by atoms with Crippen molar-refractivity contribution in [3.8, 4) is 0 Å². The number of aryl methyl sites for hydroxylation is 1. The zero-order valence-electron chi connectivity index (χ0n) is 19.0. The maximum Gasteiger partial charge on any atom is 0.348 e. The number of rotatable bonds is 16. The molecule has 2 rings (SSSR count). The van der Waals surface area contributed by atoms with Gasteiger partial charge in [0.25, 0.3) is 5.91 Å². The number of aromatic nitrogens is 1. The van der Waals surface area contributed by atoms with Crippen LogP contribution in [0.3, 0.4) is 0 Å². The molecule has 190 valence electrons. The fourth-order valence-electron chi connectivity index (χ4n) is 2.64. The summed E-state index contributed by atoms with van der Waals surface area (Å²) < 4.78 is 15.7. The van der Waals surface area contributed by atoms with Crippen molar-refractivity contribution >= 4 is 44.9 Å². The van der Waals surface area contributed by atoms with E-state index in [-0.39, 0.29) is 72.3 Å². The molecule has 0 atom stereocenters. The molecule has 0 fully saturated rings. The van der Waals surface area contributed by atoms with E-state index in [0.29, 0.717) is 13.2 Å². The molecule has 0 aliphatic heterocycles. The summed E-state index contributed by atoms with van der Waals surface area (Å²) in [6.07, 6.45) is -0.0111. The van der Waals surface area contributed by atoms with Crippen molar-refractivity contribution in [2.75, 3.05) is 50.3 Å². The Morgan fingerprint density at radius 3 is 2.20 bits per heavy atom. The molecule has 2 amide bonds. The number of benzene rings is 1. The Labute approximate surface area is 204 Å². The lowest BCUT2D eigenvalue weighted by Crippen LogP contribution is -2.19. The Bertz CT molecular complexity index is 1030. The molecular weight excluding hydrogens is 484 g/mol. The van der Waals surface area contributed by atoms with E-state index in [4.69, 9.17) is 19.3 Å². The number of ether oxygens (including phenoxy) is 3. The van der Waals surface area contributed by atoms with Gasteiger partial charge in [-0.15, -0.1) is 0 Å². The van der Waals surface area contributed by atoms with E-state index in [1.54, 1.807) is 18.2 Å². The van der Waals surface area contributed by atoms with Gasteiger partial charge in [-0.25, -0.2) is 4.98 Å². The van der Waals surface area contributed by atoms with Crippen LogP contribution in [0, 0.1) is 17.0 Å². The number of aliphatic carboxylic acids is 1. The molecule has 0 unspecified atom stereocenters. The van der Waals surface area contributed by atoms with Crippen molar-refractivity contribution in [2.45, 2.75) is 19.8 Å². The van der Waals surface area contributed by atoms with Crippen molar-refractivity contribution < 1.29 is 38.6 Å². The molecule has 0 saturated carbocycles. The van der Waals surface area contributed by atoms with Crippen molar-refractivity contribution in [3.63, 3.8) is 0 Å². The van der Waals surface area contributed by atoms with Crippen LogP contribution in [-0.2, 0) is 23.8 Å². The summed E-state index contributed by atoms with van der Waals surface area (Å²) in [7, 11) is 0. The molecule has 0 saturated heterocycles. The van der Waals surface area contributed by atoms with Crippen LogP contribution in [0.5, 0.6) is 0 Å². The van der Waals surface area contributed by atoms with Gasteiger partial charge in [0.2, 0.25) is 5.91 Å². The Hall–Kier alpha value is -3.46. The summed E-state index contributed by atoms with van der Waals surface area (Å²) in [4.78, 5) is 49.6. The van der Waals surface area contributed by atoms with Gasteiger partial charge in [-0.2, -0.15) is 0 Å². The predicted octanol–water partition coefficient (Wildman–Crippen LogP) is 2.47. The first-order valence-electron chi connectivity index (χ1n) is 10.5. The van der Waals surface area contributed by atoms with Gasteiger partial charge in [0, 0.05) is 0 Å². The second kappa shape index (κ2) is 14.7. The highest BCUT2D eigenvalue weighted by molar-refractivity contribution is 7.19. The summed E-state index contributed by atoms with van der Waals surface area (Å²) >= 11 is 0.751. The Kier molecular flexibility index (Phi) is 11.7. The lowest BCUT2D eigenvalue weighted by Gasteiger charge is -2.11. The number of carboxylic acids is 1. The monoisotopic (exact) mass is 510 g/mol. The van der Waals surface area contributed by atoms with Crippen LogP contribution < -0.4 is 10.6 Å². The van der Waals surface area contributed by atoms with Gasteiger partial charge in [0.1, 0.15) is 5.69 Å². The number of nitro groups is 1. The average molecular weight is 511 g/mol. The van der Waals surface area contributed by atoms with Crippen LogP contribution in [0.1, 0.15) is 28.9 Å².